The maximum Gasteiger partial charge on any atom is 0.231 e. The van der Waals surface area contributed by atoms with Crippen LogP contribution in [0.4, 0.5) is 0 Å². The Bertz CT molecular complexity index is 578. The molecule has 21 heavy (non-hydrogen) atoms. The number of fused-ring (bicyclic) bond motifs is 1. The van der Waals surface area contributed by atoms with Gasteiger partial charge in [0.2, 0.25) is 5.91 Å². The number of rotatable bonds is 2. The fourth-order valence-electron chi connectivity index (χ4n) is 2.68. The Hall–Kier alpha value is -1.73. The maximum absolute atomic E-state index is 12.7. The molecule has 1 fully saturated rings. The first kappa shape index (κ1) is 14.2. The first-order chi connectivity index (χ1) is 10.2. The van der Waals surface area contributed by atoms with Gasteiger partial charge in [-0.05, 0) is 11.6 Å². The number of amidine groups is 1. The molecule has 2 unspecified atom stereocenters. The molecular weight excluding hydrogens is 290 g/mol. The van der Waals surface area contributed by atoms with Crippen molar-refractivity contribution < 1.29 is 14.7 Å². The lowest BCUT2D eigenvalue weighted by atomic mass is 9.99. The molecule has 1 saturated heterocycles. The number of nitrogens with zero attached hydrogens (tertiary/aromatic N) is 2. The van der Waals surface area contributed by atoms with E-state index in [0.717, 1.165) is 11.3 Å². The van der Waals surface area contributed by atoms with Crippen LogP contribution >= 0.6 is 11.8 Å². The minimum absolute atomic E-state index is 0.00805. The van der Waals surface area contributed by atoms with Gasteiger partial charge in [0, 0.05) is 17.2 Å². The van der Waals surface area contributed by atoms with Gasteiger partial charge in [-0.25, -0.2) is 0 Å². The predicted octanol–water partition coefficient (Wildman–Crippen LogP) is 0.850. The SMILES string of the molecule is NC(=NO)C1CN(C(=O)C2CSc3ccccc32)CCO1. The van der Waals surface area contributed by atoms with E-state index in [1.165, 1.54) is 4.90 Å². The molecule has 1 aromatic rings. The highest BCUT2D eigenvalue weighted by Crippen LogP contribution is 2.40. The van der Waals surface area contributed by atoms with Gasteiger partial charge in [0.1, 0.15) is 6.10 Å². The van der Waals surface area contributed by atoms with E-state index in [2.05, 4.69) is 5.16 Å². The first-order valence-electron chi connectivity index (χ1n) is 6.80. The second-order valence-electron chi connectivity index (χ2n) is 5.07. The van der Waals surface area contributed by atoms with Crippen molar-refractivity contribution in [1.29, 1.82) is 0 Å². The molecule has 0 radical (unpaired) electrons. The molecule has 6 nitrogen and oxygen atoms in total. The molecule has 3 rings (SSSR count). The van der Waals surface area contributed by atoms with Crippen molar-refractivity contribution in [3.8, 4) is 0 Å². The van der Waals surface area contributed by atoms with Gasteiger partial charge in [0.05, 0.1) is 19.1 Å². The maximum atomic E-state index is 12.7. The summed E-state index contributed by atoms with van der Waals surface area (Å²) in [5.74, 6) is 0.751. The summed E-state index contributed by atoms with van der Waals surface area (Å²) in [4.78, 5) is 15.7. The average molecular weight is 307 g/mol. The highest BCUT2D eigenvalue weighted by molar-refractivity contribution is 7.99. The molecule has 2 aliphatic heterocycles. The van der Waals surface area contributed by atoms with Crippen molar-refractivity contribution in [1.82, 2.24) is 4.90 Å². The molecular formula is C14H17N3O3S. The number of amides is 1. The lowest BCUT2D eigenvalue weighted by Crippen LogP contribution is -2.51. The normalized spacial score (nSPS) is 25.7. The molecule has 1 amide bonds. The fraction of sp³-hybridized carbons (Fsp3) is 0.429. The van der Waals surface area contributed by atoms with Crippen LogP contribution in [0.5, 0.6) is 0 Å². The van der Waals surface area contributed by atoms with E-state index in [-0.39, 0.29) is 17.7 Å². The summed E-state index contributed by atoms with van der Waals surface area (Å²) in [6.45, 7) is 1.27. The van der Waals surface area contributed by atoms with Gasteiger partial charge in [-0.3, -0.25) is 4.79 Å². The largest absolute Gasteiger partial charge is 0.409 e. The third-order valence-electron chi connectivity index (χ3n) is 3.82. The molecule has 2 aliphatic rings. The molecule has 0 spiro atoms. The van der Waals surface area contributed by atoms with Crippen LogP contribution in [0.15, 0.2) is 34.3 Å². The number of carbonyl (C=O) groups excluding carboxylic acids is 1. The lowest BCUT2D eigenvalue weighted by molar-refractivity contribution is -0.137. The molecule has 3 N–H and O–H groups in total. The lowest BCUT2D eigenvalue weighted by Gasteiger charge is -2.33. The summed E-state index contributed by atoms with van der Waals surface area (Å²) >= 11 is 1.71. The molecule has 1 aromatic carbocycles. The third kappa shape index (κ3) is 2.71. The number of carbonyl (C=O) groups is 1. The van der Waals surface area contributed by atoms with Crippen molar-refractivity contribution in [3.05, 3.63) is 29.8 Å². The Kier molecular flexibility index (Phi) is 4.03. The number of nitrogens with two attached hydrogens (primary N) is 1. The van der Waals surface area contributed by atoms with Gasteiger partial charge in [-0.1, -0.05) is 23.4 Å². The van der Waals surface area contributed by atoms with Gasteiger partial charge in [0.15, 0.2) is 5.84 Å². The molecule has 0 saturated carbocycles. The van der Waals surface area contributed by atoms with Gasteiger partial charge in [-0.15, -0.1) is 11.8 Å². The van der Waals surface area contributed by atoms with E-state index in [1.807, 2.05) is 24.3 Å². The van der Waals surface area contributed by atoms with Gasteiger partial charge >= 0.3 is 0 Å². The highest BCUT2D eigenvalue weighted by atomic mass is 32.2. The Morgan fingerprint density at radius 3 is 3.10 bits per heavy atom. The van der Waals surface area contributed by atoms with Crippen molar-refractivity contribution >= 4 is 23.5 Å². The molecule has 0 aromatic heterocycles. The number of morpholine rings is 1. The Labute approximate surface area is 126 Å². The van der Waals surface area contributed by atoms with Crippen molar-refractivity contribution in [3.63, 3.8) is 0 Å². The van der Waals surface area contributed by atoms with E-state index in [0.29, 0.717) is 19.7 Å². The second-order valence-corrected chi connectivity index (χ2v) is 6.13. The smallest absolute Gasteiger partial charge is 0.231 e. The van der Waals surface area contributed by atoms with Gasteiger partial charge < -0.3 is 20.6 Å². The van der Waals surface area contributed by atoms with Crippen LogP contribution in [0, 0.1) is 0 Å². The number of oxime groups is 1. The zero-order chi connectivity index (χ0) is 14.8. The van der Waals surface area contributed by atoms with Crippen LogP contribution in [0.3, 0.4) is 0 Å². The Morgan fingerprint density at radius 1 is 1.48 bits per heavy atom. The molecule has 112 valence electrons. The summed E-state index contributed by atoms with van der Waals surface area (Å²) < 4.78 is 5.43. The van der Waals surface area contributed by atoms with Crippen molar-refractivity contribution in [2.75, 3.05) is 25.4 Å². The topological polar surface area (TPSA) is 88.2 Å². The van der Waals surface area contributed by atoms with E-state index in [9.17, 15) is 4.79 Å². The quantitative estimate of drug-likeness (QED) is 0.366. The van der Waals surface area contributed by atoms with Crippen LogP contribution in [0.2, 0.25) is 0 Å². The Balaban J connectivity index is 1.74. The number of benzene rings is 1. The van der Waals surface area contributed by atoms with E-state index in [4.69, 9.17) is 15.7 Å². The van der Waals surface area contributed by atoms with Crippen molar-refractivity contribution in [2.45, 2.75) is 16.9 Å². The minimum Gasteiger partial charge on any atom is -0.409 e. The molecule has 2 heterocycles. The summed E-state index contributed by atoms with van der Waals surface area (Å²) in [5, 5.41) is 11.7. The molecule has 0 aliphatic carbocycles. The average Bonchev–Trinajstić information content (AvgIpc) is 2.97. The van der Waals surface area contributed by atoms with E-state index >= 15 is 0 Å². The van der Waals surface area contributed by atoms with Gasteiger partial charge in [-0.2, -0.15) is 0 Å². The summed E-state index contributed by atoms with van der Waals surface area (Å²) in [6, 6.07) is 8.01. The summed E-state index contributed by atoms with van der Waals surface area (Å²) in [6.07, 6.45) is -0.531. The highest BCUT2D eigenvalue weighted by Gasteiger charge is 2.35. The zero-order valence-electron chi connectivity index (χ0n) is 11.4. The predicted molar refractivity (Wildman–Crippen MR) is 79.6 cm³/mol. The number of ether oxygens (including phenoxy) is 1. The molecule has 2 atom stereocenters. The fourth-order valence-corrected chi connectivity index (χ4v) is 3.90. The monoisotopic (exact) mass is 307 g/mol. The first-order valence-corrected chi connectivity index (χ1v) is 7.79. The van der Waals surface area contributed by atoms with Crippen LogP contribution < -0.4 is 5.73 Å². The third-order valence-corrected chi connectivity index (χ3v) is 5.00. The van der Waals surface area contributed by atoms with Crippen LogP contribution in [0.25, 0.3) is 0 Å². The van der Waals surface area contributed by atoms with Gasteiger partial charge in [0.25, 0.3) is 0 Å². The van der Waals surface area contributed by atoms with Crippen LogP contribution in [-0.4, -0.2) is 53.4 Å². The summed E-state index contributed by atoms with van der Waals surface area (Å²) in [7, 11) is 0. The second kappa shape index (κ2) is 5.95. The molecule has 0 bridgehead atoms. The minimum atomic E-state index is -0.531. The number of hydrogen-bond acceptors (Lipinski definition) is 5. The Morgan fingerprint density at radius 2 is 2.29 bits per heavy atom. The summed E-state index contributed by atoms with van der Waals surface area (Å²) in [5.41, 5.74) is 6.67. The number of hydrogen-bond donors (Lipinski definition) is 2. The van der Waals surface area contributed by atoms with E-state index < -0.39 is 6.10 Å². The van der Waals surface area contributed by atoms with Crippen LogP contribution in [-0.2, 0) is 9.53 Å². The molecule has 7 heteroatoms. The van der Waals surface area contributed by atoms with Crippen molar-refractivity contribution in [2.24, 2.45) is 10.9 Å². The zero-order valence-corrected chi connectivity index (χ0v) is 12.3. The number of thioether (sulfide) groups is 1. The van der Waals surface area contributed by atoms with Crippen LogP contribution in [0.1, 0.15) is 11.5 Å². The van der Waals surface area contributed by atoms with E-state index in [1.54, 1.807) is 16.7 Å². The standard InChI is InChI=1S/C14H17N3O3S/c15-13(16-19)11-7-17(5-6-20-11)14(18)10-8-21-12-4-2-1-3-9(10)12/h1-4,10-11,19H,5-8H2,(H2,15,16).